The third kappa shape index (κ3) is 6.74. The number of halogens is 2. The second-order valence-corrected chi connectivity index (χ2v) is 10.1. The first-order valence-corrected chi connectivity index (χ1v) is 11.3. The molecule has 0 heterocycles. The highest BCUT2D eigenvalue weighted by molar-refractivity contribution is 14.1. The van der Waals surface area contributed by atoms with Gasteiger partial charge in [-0.15, -0.1) is 0 Å². The number of hydrogen-bond donors (Lipinski definition) is 2. The maximum Gasteiger partial charge on any atom is 0.305 e. The van der Waals surface area contributed by atoms with Gasteiger partial charge >= 0.3 is 10.2 Å². The Morgan fingerprint density at radius 2 is 2.04 bits per heavy atom. The highest BCUT2D eigenvalue weighted by atomic mass is 127. The molecule has 0 bridgehead atoms. The molecule has 0 aliphatic heterocycles. The van der Waals surface area contributed by atoms with Gasteiger partial charge in [0.2, 0.25) is 0 Å². The van der Waals surface area contributed by atoms with Crippen LogP contribution in [0.25, 0.3) is 0 Å². The monoisotopic (exact) mass is 606 g/mol. The van der Waals surface area contributed by atoms with Gasteiger partial charge in [-0.2, -0.15) is 12.7 Å². The fourth-order valence-corrected chi connectivity index (χ4v) is 4.65. The molecule has 0 aliphatic rings. The SMILES string of the molecule is CCN(C(C)I)S(=O)(=O)NC(=O)C(=N)c1ccccc1CO/N=C(/C)I. The quantitative estimate of drug-likeness (QED) is 0.148. The molecule has 26 heavy (non-hydrogen) atoms. The zero-order valence-electron chi connectivity index (χ0n) is 14.5. The lowest BCUT2D eigenvalue weighted by Crippen LogP contribution is -2.47. The predicted octanol–water partition coefficient (Wildman–Crippen LogP) is 2.80. The van der Waals surface area contributed by atoms with E-state index in [-0.39, 0.29) is 22.8 Å². The van der Waals surface area contributed by atoms with Crippen molar-refractivity contribution in [2.45, 2.75) is 31.4 Å². The third-order valence-corrected chi connectivity index (χ3v) is 6.05. The molecule has 0 saturated carbocycles. The summed E-state index contributed by atoms with van der Waals surface area (Å²) in [7, 11) is -4.03. The van der Waals surface area contributed by atoms with E-state index in [9.17, 15) is 13.2 Å². The minimum atomic E-state index is -4.03. The molecule has 11 heteroatoms. The Labute approximate surface area is 180 Å². The van der Waals surface area contributed by atoms with Gasteiger partial charge in [0.1, 0.15) is 16.0 Å². The predicted molar refractivity (Wildman–Crippen MR) is 118 cm³/mol. The highest BCUT2D eigenvalue weighted by Gasteiger charge is 2.28. The van der Waals surface area contributed by atoms with Gasteiger partial charge in [-0.25, -0.2) is 4.72 Å². The van der Waals surface area contributed by atoms with Gasteiger partial charge < -0.3 is 4.84 Å². The number of carbonyl (C=O) groups excluding carboxylic acids is 1. The summed E-state index contributed by atoms with van der Waals surface area (Å²) >= 11 is 3.94. The zero-order chi connectivity index (χ0) is 19.9. The van der Waals surface area contributed by atoms with E-state index in [2.05, 4.69) is 5.16 Å². The third-order valence-electron chi connectivity index (χ3n) is 3.16. The van der Waals surface area contributed by atoms with E-state index in [1.165, 1.54) is 0 Å². The van der Waals surface area contributed by atoms with Gasteiger partial charge in [0.25, 0.3) is 5.91 Å². The van der Waals surface area contributed by atoms with Crippen LogP contribution in [0.2, 0.25) is 0 Å². The average molecular weight is 606 g/mol. The molecule has 0 fully saturated rings. The summed E-state index contributed by atoms with van der Waals surface area (Å²) in [5, 5.41) is 11.9. The van der Waals surface area contributed by atoms with E-state index in [0.29, 0.717) is 9.28 Å². The summed E-state index contributed by atoms with van der Waals surface area (Å²) in [6.45, 7) is 5.40. The fraction of sp³-hybridized carbons (Fsp3) is 0.400. The largest absolute Gasteiger partial charge is 0.390 e. The number of hydrogen-bond acceptors (Lipinski definition) is 6. The lowest BCUT2D eigenvalue weighted by atomic mass is 10.0. The van der Waals surface area contributed by atoms with E-state index in [1.807, 2.05) is 49.9 Å². The molecule has 1 unspecified atom stereocenters. The van der Waals surface area contributed by atoms with Crippen LogP contribution in [-0.2, 0) is 26.4 Å². The van der Waals surface area contributed by atoms with Crippen molar-refractivity contribution in [2.75, 3.05) is 6.54 Å². The Bertz CT molecular complexity index is 793. The number of nitrogens with one attached hydrogen (secondary N) is 2. The number of benzene rings is 1. The molecule has 1 aromatic rings. The molecule has 8 nitrogen and oxygen atoms in total. The maximum atomic E-state index is 12.3. The molecule has 0 aromatic heterocycles. The molecule has 1 atom stereocenters. The minimum Gasteiger partial charge on any atom is -0.390 e. The lowest BCUT2D eigenvalue weighted by Gasteiger charge is -2.23. The molecule has 1 rings (SSSR count). The first-order valence-electron chi connectivity index (χ1n) is 7.57. The molecule has 0 saturated heterocycles. The number of rotatable bonds is 9. The van der Waals surface area contributed by atoms with E-state index >= 15 is 0 Å². The van der Waals surface area contributed by atoms with E-state index in [1.54, 1.807) is 45.0 Å². The van der Waals surface area contributed by atoms with E-state index in [4.69, 9.17) is 10.2 Å². The van der Waals surface area contributed by atoms with Crippen LogP contribution in [0, 0.1) is 5.41 Å². The Morgan fingerprint density at radius 3 is 2.58 bits per heavy atom. The van der Waals surface area contributed by atoms with E-state index in [0.717, 1.165) is 4.31 Å². The standard InChI is InChI=1S/C15H20I2N4O4S/c1-4-21(11(3)17)26(23,24)20-15(22)14(18)13-8-6-5-7-12(13)9-25-19-10(2)16/h5-8,11,18H,4,9H2,1-3H3,(H,20,22)/b18-14?,19-10-. The maximum absolute atomic E-state index is 12.3. The second-order valence-electron chi connectivity index (χ2n) is 5.11. The number of carbonyl (C=O) groups is 1. The van der Waals surface area contributed by atoms with Crippen molar-refractivity contribution in [3.8, 4) is 0 Å². The van der Waals surface area contributed by atoms with Crippen molar-refractivity contribution < 1.29 is 18.0 Å². The molecule has 1 aromatic carbocycles. The van der Waals surface area contributed by atoms with Crippen LogP contribution in [0.3, 0.4) is 0 Å². The number of nitrogens with zero attached hydrogens (tertiary/aromatic N) is 2. The highest BCUT2D eigenvalue weighted by Crippen LogP contribution is 2.14. The fourth-order valence-electron chi connectivity index (χ4n) is 2.04. The number of oxime groups is 1. The van der Waals surface area contributed by atoms with Crippen LogP contribution in [0.5, 0.6) is 0 Å². The second kappa shape index (κ2) is 10.5. The lowest BCUT2D eigenvalue weighted by molar-refractivity contribution is -0.113. The van der Waals surface area contributed by atoms with Crippen LogP contribution in [-0.4, -0.2) is 38.7 Å². The first-order chi connectivity index (χ1) is 12.1. The Kier molecular flexibility index (Phi) is 9.40. The smallest absolute Gasteiger partial charge is 0.305 e. The Morgan fingerprint density at radius 1 is 1.42 bits per heavy atom. The molecule has 2 N–H and O–H groups in total. The summed E-state index contributed by atoms with van der Waals surface area (Å²) in [5.41, 5.74) is 0.383. The van der Waals surface area contributed by atoms with Gasteiger partial charge in [0.15, 0.2) is 0 Å². The number of amides is 1. The summed E-state index contributed by atoms with van der Waals surface area (Å²) in [6.07, 6.45) is 0. The van der Waals surface area contributed by atoms with Crippen molar-refractivity contribution in [3.05, 3.63) is 35.4 Å². The summed E-state index contributed by atoms with van der Waals surface area (Å²) in [5.74, 6) is -0.999. The van der Waals surface area contributed by atoms with Gasteiger partial charge in [0.05, 0.1) is 4.05 Å². The van der Waals surface area contributed by atoms with Crippen LogP contribution in [0.15, 0.2) is 29.4 Å². The average Bonchev–Trinajstić information content (AvgIpc) is 2.53. The van der Waals surface area contributed by atoms with Crippen LogP contribution in [0.1, 0.15) is 31.9 Å². The molecule has 0 aliphatic carbocycles. The van der Waals surface area contributed by atoms with Crippen molar-refractivity contribution in [1.29, 1.82) is 5.41 Å². The topological polar surface area (TPSA) is 112 Å². The van der Waals surface area contributed by atoms with Gasteiger partial charge in [-0.3, -0.25) is 10.2 Å². The van der Waals surface area contributed by atoms with Crippen molar-refractivity contribution in [3.63, 3.8) is 0 Å². The molecule has 0 radical (unpaired) electrons. The molecular weight excluding hydrogens is 586 g/mol. The molecule has 1 amide bonds. The Balaban J connectivity index is 2.99. The van der Waals surface area contributed by atoms with Crippen molar-refractivity contribution >= 4 is 70.7 Å². The summed E-state index contributed by atoms with van der Waals surface area (Å²) in [6, 6.07) is 6.65. The van der Waals surface area contributed by atoms with Crippen molar-refractivity contribution in [2.24, 2.45) is 5.16 Å². The Hall–Kier alpha value is -0.800. The van der Waals surface area contributed by atoms with Gasteiger partial charge in [0, 0.05) is 17.7 Å². The van der Waals surface area contributed by atoms with Crippen LogP contribution >= 0.6 is 45.2 Å². The molecule has 144 valence electrons. The van der Waals surface area contributed by atoms with Gasteiger partial charge in [-0.05, 0) is 36.4 Å². The van der Waals surface area contributed by atoms with Gasteiger partial charge in [-0.1, -0.05) is 58.9 Å². The number of alkyl halides is 1. The van der Waals surface area contributed by atoms with Crippen LogP contribution in [0.4, 0.5) is 0 Å². The normalized spacial score (nSPS) is 13.4. The van der Waals surface area contributed by atoms with Crippen LogP contribution < -0.4 is 4.72 Å². The van der Waals surface area contributed by atoms with Crippen molar-refractivity contribution in [1.82, 2.24) is 9.03 Å². The van der Waals surface area contributed by atoms with E-state index < -0.39 is 21.8 Å². The minimum absolute atomic E-state index is 0.0603. The molecule has 0 spiro atoms. The summed E-state index contributed by atoms with van der Waals surface area (Å²) < 4.78 is 28.1. The first kappa shape index (κ1) is 23.2. The zero-order valence-corrected chi connectivity index (χ0v) is 19.6. The molecular formula is C15H20I2N4O4S. The summed E-state index contributed by atoms with van der Waals surface area (Å²) in [4.78, 5) is 17.5.